The highest BCUT2D eigenvalue weighted by Crippen LogP contribution is 2.15. The number of rotatable bonds is 8. The fraction of sp³-hybridized carbons (Fsp3) is 0.615. The van der Waals surface area contributed by atoms with E-state index < -0.39 is 5.97 Å². The van der Waals surface area contributed by atoms with E-state index >= 15 is 0 Å². The van der Waals surface area contributed by atoms with Gasteiger partial charge in [0.05, 0.1) is 12.6 Å². The van der Waals surface area contributed by atoms with Crippen molar-refractivity contribution in [2.75, 3.05) is 19.8 Å². The van der Waals surface area contributed by atoms with Gasteiger partial charge in [-0.25, -0.2) is 4.79 Å². The van der Waals surface area contributed by atoms with E-state index in [1.54, 1.807) is 6.07 Å². The van der Waals surface area contributed by atoms with E-state index in [4.69, 9.17) is 14.3 Å². The van der Waals surface area contributed by atoms with Crippen LogP contribution in [0.5, 0.6) is 0 Å². The summed E-state index contributed by atoms with van der Waals surface area (Å²) in [5.41, 5.74) is 0. The van der Waals surface area contributed by atoms with Crippen molar-refractivity contribution in [2.24, 2.45) is 5.92 Å². The molecule has 0 aliphatic rings. The maximum Gasteiger partial charge on any atom is 0.371 e. The van der Waals surface area contributed by atoms with Crippen molar-refractivity contribution in [3.05, 3.63) is 23.7 Å². The van der Waals surface area contributed by atoms with Crippen molar-refractivity contribution < 1.29 is 19.1 Å². The molecule has 0 amide bonds. The molecule has 1 aromatic heterocycles. The minimum atomic E-state index is -1.05. The lowest BCUT2D eigenvalue weighted by Gasteiger charge is -2.12. The molecule has 5 heteroatoms. The third-order valence-electron chi connectivity index (χ3n) is 2.41. The quantitative estimate of drug-likeness (QED) is 0.697. The van der Waals surface area contributed by atoms with Gasteiger partial charge in [0.15, 0.2) is 0 Å². The van der Waals surface area contributed by atoms with Crippen molar-refractivity contribution >= 4 is 5.97 Å². The number of carboxylic acid groups (broad SMARTS) is 1. The van der Waals surface area contributed by atoms with Gasteiger partial charge in [0, 0.05) is 13.2 Å². The lowest BCUT2D eigenvalue weighted by Crippen LogP contribution is -2.23. The van der Waals surface area contributed by atoms with Gasteiger partial charge in [0.2, 0.25) is 5.76 Å². The van der Waals surface area contributed by atoms with Gasteiger partial charge in [-0.05, 0) is 25.0 Å². The Morgan fingerprint density at radius 1 is 1.44 bits per heavy atom. The first kappa shape index (κ1) is 14.7. The van der Waals surface area contributed by atoms with Crippen molar-refractivity contribution in [1.29, 1.82) is 0 Å². The van der Waals surface area contributed by atoms with Crippen LogP contribution < -0.4 is 5.32 Å². The molecule has 0 saturated heterocycles. The number of furan rings is 1. The van der Waals surface area contributed by atoms with E-state index in [0.29, 0.717) is 24.8 Å². The number of hydrogen-bond acceptors (Lipinski definition) is 4. The fourth-order valence-corrected chi connectivity index (χ4v) is 1.47. The molecule has 1 aromatic rings. The third-order valence-corrected chi connectivity index (χ3v) is 2.41. The van der Waals surface area contributed by atoms with Gasteiger partial charge >= 0.3 is 5.97 Å². The molecule has 1 unspecified atom stereocenters. The molecule has 102 valence electrons. The summed E-state index contributed by atoms with van der Waals surface area (Å²) >= 11 is 0. The number of carboxylic acids is 1. The zero-order valence-electron chi connectivity index (χ0n) is 11.1. The molecule has 1 heterocycles. The zero-order valence-corrected chi connectivity index (χ0v) is 11.1. The van der Waals surface area contributed by atoms with Crippen LogP contribution in [0, 0.1) is 5.92 Å². The summed E-state index contributed by atoms with van der Waals surface area (Å²) in [4.78, 5) is 10.7. The van der Waals surface area contributed by atoms with E-state index in [-0.39, 0.29) is 11.8 Å². The minimum absolute atomic E-state index is 0.0271. The molecule has 1 rings (SSSR count). The summed E-state index contributed by atoms with van der Waals surface area (Å²) in [6, 6.07) is 3.11. The van der Waals surface area contributed by atoms with Crippen LogP contribution in [0.3, 0.4) is 0 Å². The molecule has 0 saturated carbocycles. The van der Waals surface area contributed by atoms with Crippen LogP contribution in [0.4, 0.5) is 0 Å². The first-order valence-electron chi connectivity index (χ1n) is 6.15. The smallest absolute Gasteiger partial charge is 0.371 e. The summed E-state index contributed by atoms with van der Waals surface area (Å²) in [5, 5.41) is 12.0. The summed E-state index contributed by atoms with van der Waals surface area (Å²) in [6.45, 7) is 8.22. The number of carbonyl (C=O) groups is 1. The molecule has 5 nitrogen and oxygen atoms in total. The van der Waals surface area contributed by atoms with Gasteiger partial charge in [0.25, 0.3) is 0 Å². The molecule has 0 bridgehead atoms. The molecule has 2 N–H and O–H groups in total. The molecule has 0 aromatic carbocycles. The maximum absolute atomic E-state index is 10.7. The Balaban J connectivity index is 2.27. The average molecular weight is 255 g/mol. The average Bonchev–Trinajstić information content (AvgIpc) is 2.77. The van der Waals surface area contributed by atoms with E-state index in [1.807, 2.05) is 6.92 Å². The summed E-state index contributed by atoms with van der Waals surface area (Å²) < 4.78 is 10.6. The maximum atomic E-state index is 10.7. The van der Waals surface area contributed by atoms with Gasteiger partial charge < -0.3 is 19.6 Å². The van der Waals surface area contributed by atoms with Gasteiger partial charge in [0.1, 0.15) is 5.76 Å². The SMILES string of the molecule is CC(C)COCCNC(C)c1ccc(C(=O)O)o1. The Bertz CT molecular complexity index is 373. The van der Waals surface area contributed by atoms with Crippen LogP contribution in [0.2, 0.25) is 0 Å². The summed E-state index contributed by atoms with van der Waals surface area (Å²) in [6.07, 6.45) is 0. The van der Waals surface area contributed by atoms with Gasteiger partial charge in [-0.1, -0.05) is 13.8 Å². The topological polar surface area (TPSA) is 71.7 Å². The molecular weight excluding hydrogens is 234 g/mol. The number of ether oxygens (including phenoxy) is 1. The molecular formula is C13H21NO4. The lowest BCUT2D eigenvalue weighted by atomic mass is 10.2. The Morgan fingerprint density at radius 2 is 2.17 bits per heavy atom. The molecule has 0 aliphatic heterocycles. The van der Waals surface area contributed by atoms with Gasteiger partial charge in [-0.2, -0.15) is 0 Å². The van der Waals surface area contributed by atoms with Crippen LogP contribution in [-0.2, 0) is 4.74 Å². The Hall–Kier alpha value is -1.33. The third kappa shape index (κ3) is 4.89. The standard InChI is InChI=1S/C13H21NO4/c1-9(2)8-17-7-6-14-10(3)11-4-5-12(18-11)13(15)16/h4-5,9-10,14H,6-8H2,1-3H3,(H,15,16). The van der Waals surface area contributed by atoms with Crippen LogP contribution >= 0.6 is 0 Å². The summed E-state index contributed by atoms with van der Waals surface area (Å²) in [5.74, 6) is 0.0744. The van der Waals surface area contributed by atoms with Crippen molar-refractivity contribution in [3.63, 3.8) is 0 Å². The largest absolute Gasteiger partial charge is 0.475 e. The predicted octanol–water partition coefficient (Wildman–Crippen LogP) is 2.30. The van der Waals surface area contributed by atoms with Crippen LogP contribution in [0.15, 0.2) is 16.5 Å². The van der Waals surface area contributed by atoms with Crippen molar-refractivity contribution in [2.45, 2.75) is 26.8 Å². The second-order valence-corrected chi connectivity index (χ2v) is 4.65. The number of hydrogen-bond donors (Lipinski definition) is 2. The molecule has 0 fully saturated rings. The van der Waals surface area contributed by atoms with Crippen molar-refractivity contribution in [3.8, 4) is 0 Å². The molecule has 18 heavy (non-hydrogen) atoms. The van der Waals surface area contributed by atoms with Crippen LogP contribution in [0.25, 0.3) is 0 Å². The van der Waals surface area contributed by atoms with Gasteiger partial charge in [-0.3, -0.25) is 0 Å². The first-order valence-corrected chi connectivity index (χ1v) is 6.15. The molecule has 1 atom stereocenters. The fourth-order valence-electron chi connectivity index (χ4n) is 1.47. The highest BCUT2D eigenvalue weighted by Gasteiger charge is 2.13. The minimum Gasteiger partial charge on any atom is -0.475 e. The number of nitrogens with one attached hydrogen (secondary N) is 1. The number of aromatic carboxylic acids is 1. The van der Waals surface area contributed by atoms with E-state index in [0.717, 1.165) is 6.61 Å². The van der Waals surface area contributed by atoms with Crippen LogP contribution in [-0.4, -0.2) is 30.8 Å². The Kier molecular flexibility index (Phi) is 5.88. The Morgan fingerprint density at radius 3 is 2.72 bits per heavy atom. The molecule has 0 radical (unpaired) electrons. The first-order chi connectivity index (χ1) is 8.50. The lowest BCUT2D eigenvalue weighted by molar-refractivity contribution is 0.0659. The Labute approximate surface area is 107 Å². The van der Waals surface area contributed by atoms with E-state index in [1.165, 1.54) is 6.07 Å². The summed E-state index contributed by atoms with van der Waals surface area (Å²) in [7, 11) is 0. The predicted molar refractivity (Wildman–Crippen MR) is 67.7 cm³/mol. The molecule has 0 aliphatic carbocycles. The van der Waals surface area contributed by atoms with E-state index in [2.05, 4.69) is 19.2 Å². The van der Waals surface area contributed by atoms with Gasteiger partial charge in [-0.15, -0.1) is 0 Å². The van der Waals surface area contributed by atoms with E-state index in [9.17, 15) is 4.79 Å². The van der Waals surface area contributed by atoms with Crippen molar-refractivity contribution in [1.82, 2.24) is 5.32 Å². The monoisotopic (exact) mass is 255 g/mol. The second kappa shape index (κ2) is 7.18. The zero-order chi connectivity index (χ0) is 13.5. The second-order valence-electron chi connectivity index (χ2n) is 4.65. The highest BCUT2D eigenvalue weighted by atomic mass is 16.5. The van der Waals surface area contributed by atoms with Crippen LogP contribution in [0.1, 0.15) is 43.1 Å². The normalized spacial score (nSPS) is 12.9. The highest BCUT2D eigenvalue weighted by molar-refractivity contribution is 5.84. The molecule has 0 spiro atoms.